The number of fused-ring (bicyclic) bond motifs is 1. The van der Waals surface area contributed by atoms with Crippen molar-refractivity contribution < 1.29 is 9.15 Å². The number of aromatic nitrogens is 4. The average Bonchev–Trinajstić information content (AvgIpc) is 3.02. The van der Waals surface area contributed by atoms with Gasteiger partial charge < -0.3 is 9.15 Å². The first kappa shape index (κ1) is 15.5. The van der Waals surface area contributed by atoms with Crippen molar-refractivity contribution >= 4 is 0 Å². The molecule has 3 atom stereocenters. The van der Waals surface area contributed by atoms with E-state index in [1.807, 2.05) is 17.9 Å². The molecule has 0 N–H and O–H groups in total. The zero-order chi connectivity index (χ0) is 16.8. The van der Waals surface area contributed by atoms with Crippen LogP contribution in [-0.2, 0) is 24.8 Å². The molecule has 2 aromatic heterocycles. The highest BCUT2D eigenvalue weighted by molar-refractivity contribution is 5.05. The van der Waals surface area contributed by atoms with Crippen molar-refractivity contribution in [2.45, 2.75) is 44.2 Å². The van der Waals surface area contributed by atoms with E-state index in [4.69, 9.17) is 9.15 Å². The van der Waals surface area contributed by atoms with Gasteiger partial charge in [-0.1, -0.05) is 0 Å². The van der Waals surface area contributed by atoms with E-state index >= 15 is 0 Å². The Kier molecular flexibility index (Phi) is 3.86. The Labute approximate surface area is 147 Å². The highest BCUT2D eigenvalue weighted by Gasteiger charge is 2.41. The van der Waals surface area contributed by atoms with Gasteiger partial charge in [0.1, 0.15) is 0 Å². The van der Waals surface area contributed by atoms with Crippen LogP contribution in [-0.4, -0.2) is 50.7 Å². The molecule has 0 amide bonds. The third kappa shape index (κ3) is 3.22. The lowest BCUT2D eigenvalue weighted by Crippen LogP contribution is -2.41. The molecule has 3 fully saturated rings. The van der Waals surface area contributed by atoms with E-state index in [9.17, 15) is 0 Å². The molecule has 25 heavy (non-hydrogen) atoms. The molecule has 2 saturated heterocycles. The molecule has 134 valence electrons. The van der Waals surface area contributed by atoms with Crippen molar-refractivity contribution in [2.75, 3.05) is 19.7 Å². The molecule has 1 aliphatic carbocycles. The first-order valence-corrected chi connectivity index (χ1v) is 9.38. The Bertz CT molecular complexity index is 737. The summed E-state index contributed by atoms with van der Waals surface area (Å²) in [5.41, 5.74) is 1.29. The number of hydrogen-bond donors (Lipinski definition) is 0. The van der Waals surface area contributed by atoms with Crippen LogP contribution in [0.3, 0.4) is 0 Å². The molecule has 0 unspecified atom stereocenters. The molecule has 2 aromatic rings. The van der Waals surface area contributed by atoms with Gasteiger partial charge in [-0.25, -0.2) is 0 Å². The predicted octanol–water partition coefficient (Wildman–Crippen LogP) is 1.76. The van der Waals surface area contributed by atoms with Crippen molar-refractivity contribution in [1.82, 2.24) is 24.9 Å². The average molecular weight is 343 g/mol. The number of ether oxygens (including phenoxy) is 1. The molecule has 7 heteroatoms. The molecular formula is C18H25N5O2. The summed E-state index contributed by atoms with van der Waals surface area (Å²) in [5, 5.41) is 12.7. The van der Waals surface area contributed by atoms with Gasteiger partial charge in [-0.3, -0.25) is 9.58 Å². The zero-order valence-corrected chi connectivity index (χ0v) is 14.7. The molecule has 0 aromatic carbocycles. The molecule has 4 heterocycles. The smallest absolute Gasteiger partial charge is 0.219 e. The third-order valence-corrected chi connectivity index (χ3v) is 5.83. The van der Waals surface area contributed by atoms with Crippen LogP contribution in [0.15, 0.2) is 16.8 Å². The van der Waals surface area contributed by atoms with E-state index < -0.39 is 0 Å². The maximum atomic E-state index is 6.12. The lowest BCUT2D eigenvalue weighted by atomic mass is 9.83. The second kappa shape index (κ2) is 6.21. The van der Waals surface area contributed by atoms with Crippen LogP contribution in [0.5, 0.6) is 0 Å². The maximum Gasteiger partial charge on any atom is 0.219 e. The van der Waals surface area contributed by atoms with Gasteiger partial charge in [0.05, 0.1) is 25.3 Å². The first-order valence-electron chi connectivity index (χ1n) is 9.38. The lowest BCUT2D eigenvalue weighted by Gasteiger charge is -2.35. The monoisotopic (exact) mass is 343 g/mol. The Hall–Kier alpha value is -1.73. The third-order valence-electron chi connectivity index (χ3n) is 5.83. The minimum atomic E-state index is 0.234. The van der Waals surface area contributed by atoms with E-state index in [-0.39, 0.29) is 6.10 Å². The fraction of sp³-hybridized carbons (Fsp3) is 0.722. The van der Waals surface area contributed by atoms with Gasteiger partial charge in [-0.15, -0.1) is 10.2 Å². The largest absolute Gasteiger partial charge is 0.425 e. The first-order chi connectivity index (χ1) is 12.2. The SMILES string of the molecule is Cn1cc(CN2CC[C@@H]3[C@@H](CO[C@@H]3Cc3nnc(C4CC4)o3)C2)cn1. The normalized spacial score (nSPS) is 29.9. The quantitative estimate of drug-likeness (QED) is 0.824. The summed E-state index contributed by atoms with van der Waals surface area (Å²) in [6.45, 7) is 4.05. The van der Waals surface area contributed by atoms with E-state index in [0.717, 1.165) is 44.4 Å². The van der Waals surface area contributed by atoms with E-state index in [1.165, 1.54) is 24.8 Å². The van der Waals surface area contributed by atoms with Crippen LogP contribution < -0.4 is 0 Å². The molecule has 0 radical (unpaired) electrons. The Morgan fingerprint density at radius 3 is 2.96 bits per heavy atom. The molecule has 0 bridgehead atoms. The molecule has 2 aliphatic heterocycles. The lowest BCUT2D eigenvalue weighted by molar-refractivity contribution is 0.0793. The van der Waals surface area contributed by atoms with Gasteiger partial charge in [0, 0.05) is 43.7 Å². The Balaban J connectivity index is 1.18. The summed E-state index contributed by atoms with van der Waals surface area (Å²) in [7, 11) is 1.97. The number of aryl methyl sites for hydroxylation is 1. The van der Waals surface area contributed by atoms with Crippen molar-refractivity contribution in [3.63, 3.8) is 0 Å². The van der Waals surface area contributed by atoms with Gasteiger partial charge in [-0.05, 0) is 31.7 Å². The molecule has 7 nitrogen and oxygen atoms in total. The van der Waals surface area contributed by atoms with Crippen LogP contribution in [0, 0.1) is 11.8 Å². The summed E-state index contributed by atoms with van der Waals surface area (Å²) >= 11 is 0. The van der Waals surface area contributed by atoms with E-state index in [1.54, 1.807) is 0 Å². The number of nitrogens with zero attached hydrogens (tertiary/aromatic N) is 5. The van der Waals surface area contributed by atoms with Crippen molar-refractivity contribution in [3.05, 3.63) is 29.7 Å². The summed E-state index contributed by atoms with van der Waals surface area (Å²) in [5.74, 6) is 3.33. The highest BCUT2D eigenvalue weighted by Crippen LogP contribution is 2.40. The summed E-state index contributed by atoms with van der Waals surface area (Å²) in [6.07, 6.45) is 8.64. The summed E-state index contributed by atoms with van der Waals surface area (Å²) < 4.78 is 13.8. The molecule has 0 spiro atoms. The number of piperidine rings is 1. The second-order valence-electron chi connectivity index (χ2n) is 7.85. The Morgan fingerprint density at radius 1 is 1.24 bits per heavy atom. The van der Waals surface area contributed by atoms with Crippen molar-refractivity contribution in [3.8, 4) is 0 Å². The standard InChI is InChI=1S/C18H25N5O2/c1-22-8-12(7-19-22)9-23-5-4-15-14(10-23)11-24-16(15)6-17-20-21-18(25-17)13-2-3-13/h7-8,13-16H,2-6,9-11H2,1H3/t14-,15-,16-/m1/s1. The highest BCUT2D eigenvalue weighted by atomic mass is 16.5. The van der Waals surface area contributed by atoms with Crippen LogP contribution >= 0.6 is 0 Å². The minimum Gasteiger partial charge on any atom is -0.425 e. The summed E-state index contributed by atoms with van der Waals surface area (Å²) in [4.78, 5) is 2.53. The van der Waals surface area contributed by atoms with Crippen LogP contribution in [0.4, 0.5) is 0 Å². The minimum absolute atomic E-state index is 0.234. The van der Waals surface area contributed by atoms with Crippen molar-refractivity contribution in [1.29, 1.82) is 0 Å². The number of hydrogen-bond acceptors (Lipinski definition) is 6. The number of likely N-dealkylation sites (tertiary alicyclic amines) is 1. The van der Waals surface area contributed by atoms with Crippen LogP contribution in [0.25, 0.3) is 0 Å². The second-order valence-corrected chi connectivity index (χ2v) is 7.85. The van der Waals surface area contributed by atoms with E-state index in [0.29, 0.717) is 17.8 Å². The van der Waals surface area contributed by atoms with Crippen LogP contribution in [0.2, 0.25) is 0 Å². The van der Waals surface area contributed by atoms with Crippen molar-refractivity contribution in [2.24, 2.45) is 18.9 Å². The summed E-state index contributed by atoms with van der Waals surface area (Å²) in [6, 6.07) is 0. The maximum absolute atomic E-state index is 6.12. The molecule has 5 rings (SSSR count). The fourth-order valence-corrected chi connectivity index (χ4v) is 4.34. The van der Waals surface area contributed by atoms with Gasteiger partial charge in [0.25, 0.3) is 0 Å². The zero-order valence-electron chi connectivity index (χ0n) is 14.7. The molecule has 1 saturated carbocycles. The topological polar surface area (TPSA) is 69.2 Å². The van der Waals surface area contributed by atoms with Gasteiger partial charge in [0.2, 0.25) is 11.8 Å². The van der Waals surface area contributed by atoms with Gasteiger partial charge in [-0.2, -0.15) is 5.10 Å². The van der Waals surface area contributed by atoms with Crippen LogP contribution in [0.1, 0.15) is 42.5 Å². The molecular weight excluding hydrogens is 318 g/mol. The van der Waals surface area contributed by atoms with Gasteiger partial charge in [0.15, 0.2) is 0 Å². The number of rotatable bonds is 5. The Morgan fingerprint density at radius 2 is 2.16 bits per heavy atom. The molecule has 3 aliphatic rings. The van der Waals surface area contributed by atoms with E-state index in [2.05, 4.69) is 26.4 Å². The van der Waals surface area contributed by atoms with Gasteiger partial charge >= 0.3 is 0 Å². The fourth-order valence-electron chi connectivity index (χ4n) is 4.34. The predicted molar refractivity (Wildman–Crippen MR) is 89.8 cm³/mol.